The molecule has 6 heteroatoms. The highest BCUT2D eigenvalue weighted by molar-refractivity contribution is 7.17. The summed E-state index contributed by atoms with van der Waals surface area (Å²) < 4.78 is 5.80. The van der Waals surface area contributed by atoms with Crippen LogP contribution in [-0.2, 0) is 4.79 Å². The topological polar surface area (TPSA) is 49.9 Å². The van der Waals surface area contributed by atoms with Gasteiger partial charge in [-0.1, -0.05) is 30.3 Å². The molecule has 138 valence electrons. The first kappa shape index (κ1) is 18.5. The SMILES string of the molecule is CN(C)C(=O)c1sc(-c2ccccc2)cc1OCC(=O)N1CCCCC1. The molecule has 1 fully saturated rings. The average molecular weight is 372 g/mol. The summed E-state index contributed by atoms with van der Waals surface area (Å²) in [5, 5.41) is 0. The van der Waals surface area contributed by atoms with Crippen LogP contribution in [0.1, 0.15) is 28.9 Å². The molecular formula is C20H24N2O3S. The van der Waals surface area contributed by atoms with Crippen LogP contribution < -0.4 is 4.74 Å². The molecule has 26 heavy (non-hydrogen) atoms. The molecule has 0 aliphatic carbocycles. The van der Waals surface area contributed by atoms with Gasteiger partial charge < -0.3 is 14.5 Å². The molecule has 1 aliphatic rings. The number of nitrogens with zero attached hydrogens (tertiary/aromatic N) is 2. The van der Waals surface area contributed by atoms with Gasteiger partial charge in [0.15, 0.2) is 6.61 Å². The molecule has 5 nitrogen and oxygen atoms in total. The molecule has 0 bridgehead atoms. The van der Waals surface area contributed by atoms with E-state index in [1.807, 2.05) is 41.3 Å². The third kappa shape index (κ3) is 4.25. The van der Waals surface area contributed by atoms with Gasteiger partial charge in [0.25, 0.3) is 11.8 Å². The minimum atomic E-state index is -0.113. The monoisotopic (exact) mass is 372 g/mol. The molecule has 1 saturated heterocycles. The highest BCUT2D eigenvalue weighted by Crippen LogP contribution is 2.37. The fourth-order valence-electron chi connectivity index (χ4n) is 2.95. The van der Waals surface area contributed by atoms with Crippen LogP contribution in [0.2, 0.25) is 0 Å². The van der Waals surface area contributed by atoms with Gasteiger partial charge in [-0.2, -0.15) is 0 Å². The van der Waals surface area contributed by atoms with Crippen molar-refractivity contribution in [3.05, 3.63) is 41.3 Å². The smallest absolute Gasteiger partial charge is 0.267 e. The summed E-state index contributed by atoms with van der Waals surface area (Å²) in [5.74, 6) is 0.357. The van der Waals surface area contributed by atoms with Crippen LogP contribution in [0.4, 0.5) is 0 Å². The van der Waals surface area contributed by atoms with E-state index in [2.05, 4.69) is 0 Å². The molecule has 1 aromatic carbocycles. The van der Waals surface area contributed by atoms with Gasteiger partial charge in [0, 0.05) is 32.1 Å². The maximum atomic E-state index is 12.5. The number of carbonyl (C=O) groups excluding carboxylic acids is 2. The average Bonchev–Trinajstić information content (AvgIpc) is 3.11. The lowest BCUT2D eigenvalue weighted by Crippen LogP contribution is -2.38. The second-order valence-corrected chi connectivity index (χ2v) is 7.65. The van der Waals surface area contributed by atoms with Gasteiger partial charge in [-0.3, -0.25) is 9.59 Å². The van der Waals surface area contributed by atoms with Gasteiger partial charge in [-0.05, 0) is 30.9 Å². The van der Waals surface area contributed by atoms with Gasteiger partial charge >= 0.3 is 0 Å². The highest BCUT2D eigenvalue weighted by Gasteiger charge is 2.22. The zero-order valence-corrected chi connectivity index (χ0v) is 16.1. The zero-order valence-electron chi connectivity index (χ0n) is 15.2. The number of hydrogen-bond acceptors (Lipinski definition) is 4. The van der Waals surface area contributed by atoms with Crippen molar-refractivity contribution >= 4 is 23.2 Å². The number of hydrogen-bond donors (Lipinski definition) is 0. The second-order valence-electron chi connectivity index (χ2n) is 6.60. The Morgan fingerprint density at radius 2 is 1.81 bits per heavy atom. The van der Waals surface area contributed by atoms with Crippen LogP contribution in [0.25, 0.3) is 10.4 Å². The maximum absolute atomic E-state index is 12.5. The predicted molar refractivity (Wildman–Crippen MR) is 104 cm³/mol. The number of amides is 2. The summed E-state index contributed by atoms with van der Waals surface area (Å²) in [6, 6.07) is 11.7. The van der Waals surface area contributed by atoms with E-state index in [-0.39, 0.29) is 18.4 Å². The van der Waals surface area contributed by atoms with E-state index in [0.29, 0.717) is 10.6 Å². The van der Waals surface area contributed by atoms with Crippen LogP contribution in [0.5, 0.6) is 5.75 Å². The first-order chi connectivity index (χ1) is 12.6. The van der Waals surface area contributed by atoms with Crippen molar-refractivity contribution < 1.29 is 14.3 Å². The van der Waals surface area contributed by atoms with Crippen LogP contribution in [0.15, 0.2) is 36.4 Å². The van der Waals surface area contributed by atoms with E-state index in [1.54, 1.807) is 14.1 Å². The third-order valence-electron chi connectivity index (χ3n) is 4.42. The molecule has 0 N–H and O–H groups in total. The standard InChI is InChI=1S/C20H24N2O3S/c1-21(2)20(24)19-16(13-17(26-19)15-9-5-3-6-10-15)25-14-18(23)22-11-7-4-8-12-22/h3,5-6,9-10,13H,4,7-8,11-12,14H2,1-2H3. The minimum Gasteiger partial charge on any atom is -0.482 e. The van der Waals surface area contributed by atoms with Gasteiger partial charge in [0.05, 0.1) is 0 Å². The van der Waals surface area contributed by atoms with E-state index in [4.69, 9.17) is 4.74 Å². The van der Waals surface area contributed by atoms with E-state index >= 15 is 0 Å². The number of rotatable bonds is 5. The first-order valence-corrected chi connectivity index (χ1v) is 9.69. The number of carbonyl (C=O) groups is 2. The Bertz CT molecular complexity index is 765. The zero-order chi connectivity index (χ0) is 18.5. The van der Waals surface area contributed by atoms with Crippen molar-refractivity contribution in [3.63, 3.8) is 0 Å². The Balaban J connectivity index is 1.79. The lowest BCUT2D eigenvalue weighted by atomic mass is 10.1. The van der Waals surface area contributed by atoms with Crippen molar-refractivity contribution in [2.75, 3.05) is 33.8 Å². The normalized spacial score (nSPS) is 14.2. The summed E-state index contributed by atoms with van der Waals surface area (Å²) in [5.41, 5.74) is 1.03. The molecule has 0 radical (unpaired) electrons. The second kappa shape index (κ2) is 8.36. The molecule has 1 aliphatic heterocycles. The van der Waals surface area contributed by atoms with E-state index in [0.717, 1.165) is 36.4 Å². The predicted octanol–water partition coefficient (Wildman–Crippen LogP) is 3.51. The number of likely N-dealkylation sites (tertiary alicyclic amines) is 1. The Morgan fingerprint density at radius 3 is 2.46 bits per heavy atom. The van der Waals surface area contributed by atoms with Crippen molar-refractivity contribution in [2.24, 2.45) is 0 Å². The van der Waals surface area contributed by atoms with Crippen molar-refractivity contribution in [1.29, 1.82) is 0 Å². The van der Waals surface area contributed by atoms with Crippen LogP contribution in [-0.4, -0.2) is 55.4 Å². The summed E-state index contributed by atoms with van der Waals surface area (Å²) in [7, 11) is 3.43. The number of ether oxygens (including phenoxy) is 1. The Morgan fingerprint density at radius 1 is 1.12 bits per heavy atom. The molecule has 2 amide bonds. The number of thiophene rings is 1. The van der Waals surface area contributed by atoms with Gasteiger partial charge in [0.1, 0.15) is 10.6 Å². The largest absolute Gasteiger partial charge is 0.482 e. The summed E-state index contributed by atoms with van der Waals surface area (Å²) in [6.07, 6.45) is 3.27. The van der Waals surface area contributed by atoms with Crippen LogP contribution >= 0.6 is 11.3 Å². The number of benzene rings is 1. The fraction of sp³-hybridized carbons (Fsp3) is 0.400. The number of piperidine rings is 1. The quantitative estimate of drug-likeness (QED) is 0.807. The Labute approximate surface area is 158 Å². The summed E-state index contributed by atoms with van der Waals surface area (Å²) in [4.78, 5) is 29.7. The van der Waals surface area contributed by atoms with E-state index in [9.17, 15) is 9.59 Å². The molecule has 0 atom stereocenters. The van der Waals surface area contributed by atoms with E-state index < -0.39 is 0 Å². The van der Waals surface area contributed by atoms with Gasteiger partial charge in [-0.25, -0.2) is 0 Å². The fourth-order valence-corrected chi connectivity index (χ4v) is 4.08. The molecule has 2 heterocycles. The molecule has 2 aromatic rings. The molecule has 0 spiro atoms. The first-order valence-electron chi connectivity index (χ1n) is 8.87. The van der Waals surface area contributed by atoms with Gasteiger partial charge in [-0.15, -0.1) is 11.3 Å². The lowest BCUT2D eigenvalue weighted by molar-refractivity contribution is -0.134. The molecule has 0 unspecified atom stereocenters. The Kier molecular flexibility index (Phi) is 5.93. The molecular weight excluding hydrogens is 348 g/mol. The molecule has 3 rings (SSSR count). The van der Waals surface area contributed by atoms with Crippen LogP contribution in [0.3, 0.4) is 0 Å². The van der Waals surface area contributed by atoms with Crippen LogP contribution in [0, 0.1) is 0 Å². The van der Waals surface area contributed by atoms with E-state index in [1.165, 1.54) is 22.7 Å². The summed E-state index contributed by atoms with van der Waals surface area (Å²) >= 11 is 1.40. The molecule has 1 aromatic heterocycles. The van der Waals surface area contributed by atoms with Gasteiger partial charge in [0.2, 0.25) is 0 Å². The maximum Gasteiger partial charge on any atom is 0.267 e. The summed E-state index contributed by atoms with van der Waals surface area (Å²) in [6.45, 7) is 1.56. The lowest BCUT2D eigenvalue weighted by Gasteiger charge is -2.26. The van der Waals surface area contributed by atoms with Crippen molar-refractivity contribution in [1.82, 2.24) is 9.80 Å². The molecule has 0 saturated carbocycles. The Hall–Kier alpha value is -2.34. The minimum absolute atomic E-state index is 0.0135. The van der Waals surface area contributed by atoms with Crippen molar-refractivity contribution in [3.8, 4) is 16.2 Å². The third-order valence-corrected chi connectivity index (χ3v) is 5.57. The highest BCUT2D eigenvalue weighted by atomic mass is 32.1. The van der Waals surface area contributed by atoms with Crippen molar-refractivity contribution in [2.45, 2.75) is 19.3 Å².